The zero-order chi connectivity index (χ0) is 17.2. The molecular formula is C18H19F3N2O. The van der Waals surface area contributed by atoms with E-state index in [1.807, 2.05) is 25.2 Å². The highest BCUT2D eigenvalue weighted by molar-refractivity contribution is 5.34. The summed E-state index contributed by atoms with van der Waals surface area (Å²) < 4.78 is 44.0. The van der Waals surface area contributed by atoms with Crippen LogP contribution in [0.5, 0.6) is 5.75 Å². The molecule has 6 heteroatoms. The molecule has 1 atom stereocenters. The number of alkyl halides is 3. The first-order valence-electron chi connectivity index (χ1n) is 7.81. The van der Waals surface area contributed by atoms with Crippen molar-refractivity contribution in [3.63, 3.8) is 0 Å². The zero-order valence-corrected chi connectivity index (χ0v) is 13.3. The van der Waals surface area contributed by atoms with Gasteiger partial charge in [-0.3, -0.25) is 5.43 Å². The number of rotatable bonds is 3. The Morgan fingerprint density at radius 1 is 1.08 bits per heavy atom. The average Bonchev–Trinajstić information content (AvgIpc) is 2.74. The zero-order valence-electron chi connectivity index (χ0n) is 13.3. The highest BCUT2D eigenvalue weighted by Crippen LogP contribution is 2.32. The van der Waals surface area contributed by atoms with Crippen molar-refractivity contribution in [2.24, 2.45) is 0 Å². The predicted molar refractivity (Wildman–Crippen MR) is 85.6 cm³/mol. The molecule has 2 aromatic rings. The van der Waals surface area contributed by atoms with Crippen LogP contribution in [-0.2, 0) is 12.6 Å². The average molecular weight is 336 g/mol. The molecule has 2 aromatic carbocycles. The van der Waals surface area contributed by atoms with E-state index in [4.69, 9.17) is 4.74 Å². The monoisotopic (exact) mass is 336 g/mol. The molecule has 1 unspecified atom stereocenters. The molecular weight excluding hydrogens is 317 g/mol. The second-order valence-corrected chi connectivity index (χ2v) is 5.75. The van der Waals surface area contributed by atoms with Gasteiger partial charge >= 0.3 is 6.18 Å². The van der Waals surface area contributed by atoms with E-state index in [0.717, 1.165) is 30.7 Å². The molecule has 0 saturated heterocycles. The number of hydrogen-bond donors (Lipinski definition) is 1. The molecule has 0 spiro atoms. The molecule has 24 heavy (non-hydrogen) atoms. The highest BCUT2D eigenvalue weighted by atomic mass is 19.4. The predicted octanol–water partition coefficient (Wildman–Crippen LogP) is 3.82. The van der Waals surface area contributed by atoms with Gasteiger partial charge in [-0.25, -0.2) is 5.01 Å². The molecule has 128 valence electrons. The first-order chi connectivity index (χ1) is 11.5. The summed E-state index contributed by atoms with van der Waals surface area (Å²) in [6.07, 6.45) is -3.69. The Hall–Kier alpha value is -2.05. The van der Waals surface area contributed by atoms with Crippen molar-refractivity contribution in [3.05, 3.63) is 65.2 Å². The van der Waals surface area contributed by atoms with Crippen molar-refractivity contribution in [1.29, 1.82) is 0 Å². The van der Waals surface area contributed by atoms with E-state index in [-0.39, 0.29) is 6.10 Å². The van der Waals surface area contributed by atoms with Crippen LogP contribution in [0, 0.1) is 0 Å². The summed E-state index contributed by atoms with van der Waals surface area (Å²) in [5, 5.41) is 2.05. The van der Waals surface area contributed by atoms with Gasteiger partial charge in [0.15, 0.2) is 0 Å². The van der Waals surface area contributed by atoms with Crippen LogP contribution in [-0.4, -0.2) is 25.1 Å². The Labute approximate surface area is 139 Å². The molecule has 1 aliphatic rings. The van der Waals surface area contributed by atoms with Crippen LogP contribution in [0.15, 0.2) is 48.5 Å². The molecule has 1 heterocycles. The van der Waals surface area contributed by atoms with Crippen molar-refractivity contribution in [2.45, 2.75) is 18.7 Å². The van der Waals surface area contributed by atoms with Gasteiger partial charge in [0.2, 0.25) is 0 Å². The Bertz CT molecular complexity index is 685. The molecule has 0 aliphatic carbocycles. The van der Waals surface area contributed by atoms with Gasteiger partial charge in [-0.15, -0.1) is 0 Å². The molecule has 0 saturated carbocycles. The lowest BCUT2D eigenvalue weighted by atomic mass is 10.0. The van der Waals surface area contributed by atoms with Crippen molar-refractivity contribution in [3.8, 4) is 5.75 Å². The minimum atomic E-state index is -4.34. The van der Waals surface area contributed by atoms with Gasteiger partial charge in [0.05, 0.1) is 12.1 Å². The Morgan fingerprint density at radius 3 is 2.46 bits per heavy atom. The normalized spacial score (nSPS) is 18.8. The van der Waals surface area contributed by atoms with Gasteiger partial charge < -0.3 is 4.74 Å². The number of fused-ring (bicyclic) bond motifs is 1. The largest absolute Gasteiger partial charge is 0.484 e. The summed E-state index contributed by atoms with van der Waals surface area (Å²) in [6, 6.07) is 12.9. The molecule has 1 N–H and O–H groups in total. The fourth-order valence-corrected chi connectivity index (χ4v) is 2.91. The SMILES string of the molecule is CNN1CCc2ccccc2C(Oc2ccc(C(F)(F)F)cc2)C1. The van der Waals surface area contributed by atoms with Crippen LogP contribution in [0.1, 0.15) is 22.8 Å². The third kappa shape index (κ3) is 3.71. The summed E-state index contributed by atoms with van der Waals surface area (Å²) in [7, 11) is 1.85. The third-order valence-electron chi connectivity index (χ3n) is 4.22. The van der Waals surface area contributed by atoms with E-state index in [0.29, 0.717) is 12.3 Å². The van der Waals surface area contributed by atoms with Gasteiger partial charge in [0.25, 0.3) is 0 Å². The number of hydrazine groups is 1. The number of benzene rings is 2. The fourth-order valence-electron chi connectivity index (χ4n) is 2.91. The topological polar surface area (TPSA) is 24.5 Å². The van der Waals surface area contributed by atoms with Gasteiger partial charge in [0, 0.05) is 6.54 Å². The van der Waals surface area contributed by atoms with E-state index in [2.05, 4.69) is 16.5 Å². The Kier molecular flexibility index (Phi) is 4.78. The van der Waals surface area contributed by atoms with Crippen molar-refractivity contribution in [1.82, 2.24) is 10.4 Å². The van der Waals surface area contributed by atoms with Crippen molar-refractivity contribution < 1.29 is 17.9 Å². The van der Waals surface area contributed by atoms with E-state index < -0.39 is 11.7 Å². The standard InChI is InChI=1S/C18H19F3N2O/c1-22-23-11-10-13-4-2-3-5-16(13)17(12-23)24-15-8-6-14(7-9-15)18(19,20)21/h2-9,17,22H,10-12H2,1H3. The molecule has 3 rings (SSSR count). The number of nitrogens with zero attached hydrogens (tertiary/aromatic N) is 1. The van der Waals surface area contributed by atoms with Gasteiger partial charge in [-0.2, -0.15) is 13.2 Å². The maximum atomic E-state index is 12.7. The molecule has 0 fully saturated rings. The molecule has 0 bridgehead atoms. The lowest BCUT2D eigenvalue weighted by Gasteiger charge is -2.25. The minimum Gasteiger partial charge on any atom is -0.484 e. The second kappa shape index (κ2) is 6.83. The van der Waals surface area contributed by atoms with Crippen LogP contribution < -0.4 is 10.2 Å². The Morgan fingerprint density at radius 2 is 1.79 bits per heavy atom. The van der Waals surface area contributed by atoms with Crippen LogP contribution in [0.25, 0.3) is 0 Å². The quantitative estimate of drug-likeness (QED) is 0.922. The molecule has 0 amide bonds. The van der Waals surface area contributed by atoms with E-state index in [1.54, 1.807) is 0 Å². The second-order valence-electron chi connectivity index (χ2n) is 5.75. The van der Waals surface area contributed by atoms with E-state index >= 15 is 0 Å². The third-order valence-corrected chi connectivity index (χ3v) is 4.22. The van der Waals surface area contributed by atoms with Gasteiger partial charge in [0.1, 0.15) is 11.9 Å². The minimum absolute atomic E-state index is 0.243. The maximum Gasteiger partial charge on any atom is 0.416 e. The summed E-state index contributed by atoms with van der Waals surface area (Å²) in [5.41, 5.74) is 4.73. The van der Waals surface area contributed by atoms with Gasteiger partial charge in [-0.05, 0) is 48.9 Å². The van der Waals surface area contributed by atoms with Crippen LogP contribution in [0.2, 0.25) is 0 Å². The molecule has 0 aromatic heterocycles. The van der Waals surface area contributed by atoms with Crippen LogP contribution >= 0.6 is 0 Å². The lowest BCUT2D eigenvalue weighted by Crippen LogP contribution is -2.39. The van der Waals surface area contributed by atoms with Crippen LogP contribution in [0.3, 0.4) is 0 Å². The number of nitrogens with one attached hydrogen (secondary N) is 1. The summed E-state index contributed by atoms with van der Waals surface area (Å²) in [5.74, 6) is 0.431. The van der Waals surface area contributed by atoms with Crippen molar-refractivity contribution in [2.75, 3.05) is 20.1 Å². The summed E-state index contributed by atoms with van der Waals surface area (Å²) >= 11 is 0. The molecule has 1 aliphatic heterocycles. The number of hydrogen-bond acceptors (Lipinski definition) is 3. The fraction of sp³-hybridized carbons (Fsp3) is 0.333. The Balaban J connectivity index is 1.84. The van der Waals surface area contributed by atoms with Crippen LogP contribution in [0.4, 0.5) is 13.2 Å². The maximum absolute atomic E-state index is 12.7. The molecule has 0 radical (unpaired) electrons. The van der Waals surface area contributed by atoms with E-state index in [9.17, 15) is 13.2 Å². The number of ether oxygens (including phenoxy) is 1. The highest BCUT2D eigenvalue weighted by Gasteiger charge is 2.30. The smallest absolute Gasteiger partial charge is 0.416 e. The first kappa shape index (κ1) is 16.8. The summed E-state index contributed by atoms with van der Waals surface area (Å²) in [4.78, 5) is 0. The first-order valence-corrected chi connectivity index (χ1v) is 7.81. The van der Waals surface area contributed by atoms with E-state index in [1.165, 1.54) is 17.7 Å². The van der Waals surface area contributed by atoms with Gasteiger partial charge in [-0.1, -0.05) is 24.3 Å². The molecule has 3 nitrogen and oxygen atoms in total. The lowest BCUT2D eigenvalue weighted by molar-refractivity contribution is -0.137. The number of halogens is 3. The summed E-state index contributed by atoms with van der Waals surface area (Å²) in [6.45, 7) is 1.47. The van der Waals surface area contributed by atoms with Crippen molar-refractivity contribution >= 4 is 0 Å².